The standard InChI is InChI=1S/C34H31NO5/c1-3-32(4-2)31(38)35(27-19-11-14-21-12-5-7-15-23(21)27)33-28(25-17-9-10-18-26(25)30(33)37)29(40-34(32,33)39)24-16-8-6-13-22(24)20-36/h5-20,28-30,37,39H,3-4H2,1-2H3/t28-,29+,30-,33-,34+/m0/s1. The number of hydrogen-bond donors (Lipinski definition) is 2. The summed E-state index contributed by atoms with van der Waals surface area (Å²) >= 11 is 0. The number of nitrogens with zero attached hydrogens (tertiary/aromatic N) is 1. The third kappa shape index (κ3) is 2.69. The van der Waals surface area contributed by atoms with Crippen molar-refractivity contribution in [1.29, 1.82) is 0 Å². The molecule has 2 heterocycles. The second-order valence-electron chi connectivity index (χ2n) is 11.2. The lowest BCUT2D eigenvalue weighted by Crippen LogP contribution is -2.63. The van der Waals surface area contributed by atoms with E-state index in [4.69, 9.17) is 4.74 Å². The Kier molecular flexibility index (Phi) is 5.39. The number of amides is 1. The van der Waals surface area contributed by atoms with Gasteiger partial charge in [0.2, 0.25) is 11.7 Å². The number of anilines is 1. The number of carbonyl (C=O) groups is 2. The first-order valence-electron chi connectivity index (χ1n) is 13.9. The van der Waals surface area contributed by atoms with E-state index < -0.39 is 34.9 Å². The van der Waals surface area contributed by atoms with Crippen LogP contribution in [0.3, 0.4) is 0 Å². The van der Waals surface area contributed by atoms with Crippen LogP contribution in [0.4, 0.5) is 5.69 Å². The summed E-state index contributed by atoms with van der Waals surface area (Å²) in [6.07, 6.45) is -0.622. The molecule has 0 bridgehead atoms. The number of rotatable bonds is 5. The summed E-state index contributed by atoms with van der Waals surface area (Å²) in [5.41, 5.74) is 0.240. The van der Waals surface area contributed by atoms with Crippen molar-refractivity contribution in [3.8, 4) is 0 Å². The number of aliphatic hydroxyl groups is 2. The van der Waals surface area contributed by atoms with Gasteiger partial charge in [-0.2, -0.15) is 0 Å². The molecule has 4 aromatic carbocycles. The van der Waals surface area contributed by atoms with E-state index in [9.17, 15) is 19.8 Å². The van der Waals surface area contributed by atoms with Crippen LogP contribution in [-0.4, -0.2) is 33.7 Å². The first kappa shape index (κ1) is 25.1. The van der Waals surface area contributed by atoms with E-state index in [2.05, 4.69) is 0 Å². The van der Waals surface area contributed by atoms with Crippen molar-refractivity contribution in [2.75, 3.05) is 4.90 Å². The minimum Gasteiger partial charge on any atom is -0.386 e. The van der Waals surface area contributed by atoms with E-state index in [1.807, 2.05) is 92.7 Å². The van der Waals surface area contributed by atoms with Crippen LogP contribution in [0.15, 0.2) is 91.0 Å². The zero-order valence-electron chi connectivity index (χ0n) is 22.5. The highest BCUT2D eigenvalue weighted by atomic mass is 16.6. The van der Waals surface area contributed by atoms with E-state index in [1.54, 1.807) is 17.0 Å². The third-order valence-corrected chi connectivity index (χ3v) is 9.94. The SMILES string of the molecule is CCC1(CC)C(=O)N(c2cccc3ccccc23)[C@]23[C@@H](O)c4ccccc4[C@H]2[C@@H](c2ccccc2C=O)O[C@]13O. The van der Waals surface area contributed by atoms with Crippen molar-refractivity contribution >= 4 is 28.7 Å². The van der Waals surface area contributed by atoms with Crippen molar-refractivity contribution in [1.82, 2.24) is 0 Å². The summed E-state index contributed by atoms with van der Waals surface area (Å²) in [4.78, 5) is 28.7. The Morgan fingerprint density at radius 3 is 2.20 bits per heavy atom. The molecule has 1 spiro atoms. The fourth-order valence-corrected chi connectivity index (χ4v) is 8.12. The second-order valence-corrected chi connectivity index (χ2v) is 11.2. The summed E-state index contributed by atoms with van der Waals surface area (Å²) < 4.78 is 6.79. The second kappa shape index (κ2) is 8.58. The molecule has 0 unspecified atom stereocenters. The molecule has 5 atom stereocenters. The predicted molar refractivity (Wildman–Crippen MR) is 152 cm³/mol. The highest BCUT2D eigenvalue weighted by Crippen LogP contribution is 2.75. The van der Waals surface area contributed by atoms with Crippen LogP contribution in [0.1, 0.15) is 71.9 Å². The minimum absolute atomic E-state index is 0.268. The number of carbonyl (C=O) groups excluding carboxylic acids is 2. The van der Waals surface area contributed by atoms with Crippen LogP contribution in [0.5, 0.6) is 0 Å². The minimum atomic E-state index is -2.07. The Bertz CT molecular complexity index is 1670. The molecule has 4 aromatic rings. The maximum Gasteiger partial charge on any atom is 0.239 e. The molecule has 40 heavy (non-hydrogen) atoms. The molecular weight excluding hydrogens is 502 g/mol. The lowest BCUT2D eigenvalue weighted by atomic mass is 9.66. The van der Waals surface area contributed by atoms with Gasteiger partial charge in [-0.25, -0.2) is 0 Å². The van der Waals surface area contributed by atoms with Crippen LogP contribution in [0.25, 0.3) is 10.8 Å². The van der Waals surface area contributed by atoms with E-state index >= 15 is 0 Å². The fourth-order valence-electron chi connectivity index (χ4n) is 8.12. The molecule has 2 aliphatic heterocycles. The van der Waals surface area contributed by atoms with Crippen molar-refractivity contribution in [3.05, 3.63) is 113 Å². The lowest BCUT2D eigenvalue weighted by Gasteiger charge is -2.45. The number of hydrogen-bond acceptors (Lipinski definition) is 5. The van der Waals surface area contributed by atoms with Gasteiger partial charge in [0, 0.05) is 16.9 Å². The van der Waals surface area contributed by atoms with Crippen molar-refractivity contribution in [2.45, 2.75) is 56.1 Å². The Hall–Kier alpha value is -3.84. The number of aldehydes is 1. The van der Waals surface area contributed by atoms with Gasteiger partial charge in [-0.15, -0.1) is 0 Å². The van der Waals surface area contributed by atoms with E-state index in [0.29, 0.717) is 35.2 Å². The van der Waals surface area contributed by atoms with Gasteiger partial charge in [-0.3, -0.25) is 14.5 Å². The summed E-state index contributed by atoms with van der Waals surface area (Å²) in [7, 11) is 0. The Morgan fingerprint density at radius 2 is 1.48 bits per heavy atom. The molecule has 7 rings (SSSR count). The zero-order chi connectivity index (χ0) is 27.9. The van der Waals surface area contributed by atoms with Crippen molar-refractivity contribution < 1.29 is 24.5 Å². The summed E-state index contributed by atoms with van der Waals surface area (Å²) in [6, 6.07) is 28.4. The topological polar surface area (TPSA) is 87.1 Å². The Balaban J connectivity index is 1.61. The molecule has 0 aromatic heterocycles. The molecule has 1 amide bonds. The molecule has 6 heteroatoms. The van der Waals surface area contributed by atoms with Crippen LogP contribution in [0.2, 0.25) is 0 Å². The van der Waals surface area contributed by atoms with Gasteiger partial charge >= 0.3 is 0 Å². The molecule has 0 saturated carbocycles. The highest BCUT2D eigenvalue weighted by Gasteiger charge is 2.86. The highest BCUT2D eigenvalue weighted by molar-refractivity contribution is 6.10. The molecule has 1 aliphatic carbocycles. The maximum absolute atomic E-state index is 14.9. The fraction of sp³-hybridized carbons (Fsp3) is 0.294. The normalized spacial score (nSPS) is 29.9. The number of ether oxygens (including phenoxy) is 1. The monoisotopic (exact) mass is 533 g/mol. The molecule has 2 fully saturated rings. The van der Waals surface area contributed by atoms with Gasteiger partial charge in [0.15, 0.2) is 0 Å². The average Bonchev–Trinajstić information content (AvgIpc) is 3.48. The summed E-state index contributed by atoms with van der Waals surface area (Å²) in [5.74, 6) is -2.98. The molecule has 2 saturated heterocycles. The number of fused-ring (bicyclic) bond motifs is 3. The van der Waals surface area contributed by atoms with Crippen LogP contribution in [0, 0.1) is 5.41 Å². The van der Waals surface area contributed by atoms with E-state index in [1.165, 1.54) is 0 Å². The Morgan fingerprint density at radius 1 is 0.850 bits per heavy atom. The van der Waals surface area contributed by atoms with Gasteiger partial charge in [-0.1, -0.05) is 98.8 Å². The third-order valence-electron chi connectivity index (χ3n) is 9.94. The van der Waals surface area contributed by atoms with Crippen LogP contribution >= 0.6 is 0 Å². The maximum atomic E-state index is 14.9. The Labute approximate surface area is 232 Å². The quantitative estimate of drug-likeness (QED) is 0.315. The van der Waals surface area contributed by atoms with Gasteiger partial charge in [-0.05, 0) is 41.0 Å². The molecular formula is C34H31NO5. The predicted octanol–water partition coefficient (Wildman–Crippen LogP) is 5.84. The lowest BCUT2D eigenvalue weighted by molar-refractivity contribution is -0.275. The van der Waals surface area contributed by atoms with E-state index in [0.717, 1.165) is 22.6 Å². The zero-order valence-corrected chi connectivity index (χ0v) is 22.5. The number of aliphatic hydroxyl groups excluding tert-OH is 1. The molecule has 202 valence electrons. The van der Waals surface area contributed by atoms with Gasteiger partial charge < -0.3 is 14.9 Å². The van der Waals surface area contributed by atoms with Crippen LogP contribution < -0.4 is 4.90 Å². The van der Waals surface area contributed by atoms with Crippen LogP contribution in [-0.2, 0) is 9.53 Å². The summed E-state index contributed by atoms with van der Waals surface area (Å²) in [6.45, 7) is 3.78. The van der Waals surface area contributed by atoms with Gasteiger partial charge in [0.05, 0.1) is 11.8 Å². The average molecular weight is 534 g/mol. The van der Waals surface area contributed by atoms with Gasteiger partial charge in [0.1, 0.15) is 23.3 Å². The smallest absolute Gasteiger partial charge is 0.239 e. The van der Waals surface area contributed by atoms with Gasteiger partial charge in [0.25, 0.3) is 0 Å². The molecule has 0 radical (unpaired) electrons. The first-order valence-corrected chi connectivity index (χ1v) is 13.9. The summed E-state index contributed by atoms with van der Waals surface area (Å²) in [5, 5.41) is 27.3. The first-order chi connectivity index (χ1) is 19.4. The van der Waals surface area contributed by atoms with E-state index in [-0.39, 0.29) is 5.91 Å². The molecule has 2 N–H and O–H groups in total. The largest absolute Gasteiger partial charge is 0.386 e. The molecule has 3 aliphatic rings. The molecule has 6 nitrogen and oxygen atoms in total. The van der Waals surface area contributed by atoms with Crippen molar-refractivity contribution in [2.24, 2.45) is 5.41 Å². The van der Waals surface area contributed by atoms with Crippen molar-refractivity contribution in [3.63, 3.8) is 0 Å². The number of benzene rings is 4.